The minimum atomic E-state index is -1.15. The van der Waals surface area contributed by atoms with Crippen molar-refractivity contribution in [2.45, 2.75) is 19.6 Å². The maximum absolute atomic E-state index is 5.23. The second-order valence-corrected chi connectivity index (χ2v) is 7.60. The van der Waals surface area contributed by atoms with Gasteiger partial charge in [0.25, 0.3) is 0 Å². The van der Waals surface area contributed by atoms with Crippen molar-refractivity contribution in [2.75, 3.05) is 0 Å². The summed E-state index contributed by atoms with van der Waals surface area (Å²) in [7, 11) is -1.15. The number of hydrogen-bond acceptors (Lipinski definition) is 0. The first kappa shape index (κ1) is 12.3. The van der Waals surface area contributed by atoms with Crippen molar-refractivity contribution in [3.63, 3.8) is 0 Å². The molecule has 0 aromatic heterocycles. The second-order valence-electron chi connectivity index (χ2n) is 2.63. The molecule has 0 aliphatic rings. The zero-order valence-corrected chi connectivity index (χ0v) is 8.21. The predicted octanol–water partition coefficient (Wildman–Crippen LogP) is -0.421. The van der Waals surface area contributed by atoms with Crippen LogP contribution in [0.25, 0.3) is 0 Å². The molecule has 3 heteroatoms. The molecule has 0 unspecified atom stereocenters. The van der Waals surface area contributed by atoms with Gasteiger partial charge in [0, 0.05) is 0 Å². The van der Waals surface area contributed by atoms with Crippen LogP contribution in [0.15, 0.2) is 11.3 Å². The Balaban J connectivity index is 0. The van der Waals surface area contributed by atoms with Gasteiger partial charge < -0.3 is 5.73 Å². The van der Waals surface area contributed by atoms with Gasteiger partial charge in [-0.15, -0.1) is 5.54 Å². The van der Waals surface area contributed by atoms with E-state index in [4.69, 9.17) is 11.6 Å². The van der Waals surface area contributed by atoms with Gasteiger partial charge in [0.2, 0.25) is 0 Å². The van der Waals surface area contributed by atoms with Crippen LogP contribution in [0.3, 0.4) is 0 Å². The molecule has 46 valence electrons. The van der Waals surface area contributed by atoms with E-state index < -0.39 is 8.07 Å². The molecule has 0 rings (SSSR count). The molecule has 9 heavy (non-hydrogen) atoms. The van der Waals surface area contributed by atoms with Gasteiger partial charge in [0.05, 0.1) is 0 Å². The smallest absolute Gasteiger partial charge is 0.322 e. The third kappa shape index (κ3) is 12.0. The Kier molecular flexibility index (Phi) is 7.41. The molecule has 0 bridgehead atoms. The maximum Gasteiger partial charge on any atom is 1.00 e. The Morgan fingerprint density at radius 3 is 2.00 bits per heavy atom. The monoisotopic (exact) mass is 152 g/mol. The van der Waals surface area contributed by atoms with Crippen molar-refractivity contribution in [1.82, 2.24) is 0 Å². The molecule has 0 N–H and O–H groups in total. The molecule has 0 amide bonds. The van der Waals surface area contributed by atoms with E-state index in [0.717, 1.165) is 0 Å². The fourth-order valence-electron chi connectivity index (χ4n) is 0.244. The third-order valence-electron chi connectivity index (χ3n) is 0.502. The van der Waals surface area contributed by atoms with Crippen LogP contribution in [0.1, 0.15) is 0 Å². The van der Waals surface area contributed by atoms with Crippen molar-refractivity contribution in [2.24, 2.45) is 0 Å². The summed E-state index contributed by atoms with van der Waals surface area (Å²) in [6.07, 6.45) is 0. The standard InChI is InChI=1S/C6H10ClSi.Li/c1-8(2,3)6-4-5-7;/h5H,1-3H3;/q-1;+1. The van der Waals surface area contributed by atoms with Gasteiger partial charge in [-0.2, -0.15) is 0 Å². The van der Waals surface area contributed by atoms with Crippen LogP contribution in [0, 0.1) is 5.70 Å². The van der Waals surface area contributed by atoms with E-state index in [1.807, 2.05) is 0 Å². The first-order valence-corrected chi connectivity index (χ1v) is 6.44. The van der Waals surface area contributed by atoms with Crippen LogP contribution >= 0.6 is 11.6 Å². The topological polar surface area (TPSA) is 0 Å². The summed E-state index contributed by atoms with van der Waals surface area (Å²) in [4.78, 5) is 0. The van der Waals surface area contributed by atoms with Gasteiger partial charge >= 0.3 is 18.9 Å². The number of hydrogen-bond donors (Lipinski definition) is 0. The summed E-state index contributed by atoms with van der Waals surface area (Å²) >= 11 is 5.23. The van der Waals surface area contributed by atoms with Crippen LogP contribution in [0.4, 0.5) is 0 Å². The normalized spacial score (nSPS) is 8.89. The van der Waals surface area contributed by atoms with E-state index >= 15 is 0 Å². The molecular weight excluding hydrogens is 143 g/mol. The Morgan fingerprint density at radius 2 is 1.89 bits per heavy atom. The molecule has 0 nitrogen and oxygen atoms in total. The largest absolute Gasteiger partial charge is 1.00 e. The maximum atomic E-state index is 5.23. The van der Waals surface area contributed by atoms with Crippen LogP contribution in [-0.4, -0.2) is 8.07 Å². The van der Waals surface area contributed by atoms with E-state index in [9.17, 15) is 0 Å². The van der Waals surface area contributed by atoms with Crippen LogP contribution in [0.2, 0.25) is 19.6 Å². The molecule has 0 radical (unpaired) electrons. The molecule has 0 spiro atoms. The summed E-state index contributed by atoms with van der Waals surface area (Å²) in [5, 5.41) is 0. The second kappa shape index (κ2) is 5.41. The summed E-state index contributed by atoms with van der Waals surface area (Å²) < 4.78 is 0. The fraction of sp³-hybridized carbons (Fsp3) is 0.500. The summed E-state index contributed by atoms with van der Waals surface area (Å²) in [5.41, 5.74) is 7.19. The van der Waals surface area contributed by atoms with Gasteiger partial charge in [0.1, 0.15) is 0 Å². The molecule has 0 saturated heterocycles. The van der Waals surface area contributed by atoms with Gasteiger partial charge in [-0.05, 0) is 8.07 Å². The van der Waals surface area contributed by atoms with Gasteiger partial charge in [-0.1, -0.05) is 19.6 Å². The van der Waals surface area contributed by atoms with E-state index in [0.29, 0.717) is 0 Å². The first-order chi connectivity index (χ1) is 3.56. The molecule has 0 heterocycles. The predicted molar refractivity (Wildman–Crippen MR) is 40.5 cm³/mol. The Labute approximate surface area is 75.2 Å². The molecular formula is C6H10ClLiSi. The molecule has 0 aliphatic heterocycles. The molecule has 0 aromatic carbocycles. The van der Waals surface area contributed by atoms with Gasteiger partial charge in [-0.25, -0.2) is 17.3 Å². The zero-order chi connectivity index (χ0) is 6.62. The third-order valence-corrected chi connectivity index (χ3v) is 1.51. The summed E-state index contributed by atoms with van der Waals surface area (Å²) in [6.45, 7) is 6.54. The molecule has 0 saturated carbocycles. The summed E-state index contributed by atoms with van der Waals surface area (Å²) in [6, 6.07) is 0. The van der Waals surface area contributed by atoms with Crippen molar-refractivity contribution in [3.8, 4) is 0 Å². The van der Waals surface area contributed by atoms with Crippen LogP contribution in [-0.2, 0) is 0 Å². The van der Waals surface area contributed by atoms with Crippen molar-refractivity contribution < 1.29 is 18.9 Å². The minimum absolute atomic E-state index is 0. The number of halogens is 1. The van der Waals surface area contributed by atoms with Crippen LogP contribution < -0.4 is 18.9 Å². The zero-order valence-electron chi connectivity index (χ0n) is 6.46. The molecule has 0 fully saturated rings. The summed E-state index contributed by atoms with van der Waals surface area (Å²) in [5.74, 6) is 0. The average Bonchev–Trinajstić information content (AvgIpc) is 1.59. The average molecular weight is 153 g/mol. The Bertz CT molecular complexity index is 120. The van der Waals surface area contributed by atoms with Gasteiger partial charge in [0.15, 0.2) is 0 Å². The van der Waals surface area contributed by atoms with Crippen molar-refractivity contribution in [3.05, 3.63) is 17.0 Å². The van der Waals surface area contributed by atoms with E-state index in [-0.39, 0.29) is 18.9 Å². The van der Waals surface area contributed by atoms with E-state index in [2.05, 4.69) is 31.1 Å². The quantitative estimate of drug-likeness (QED) is 0.272. The Morgan fingerprint density at radius 1 is 1.44 bits per heavy atom. The molecule has 0 aliphatic carbocycles. The fourth-order valence-corrected chi connectivity index (χ4v) is 0.895. The van der Waals surface area contributed by atoms with Gasteiger partial charge in [-0.3, -0.25) is 0 Å². The van der Waals surface area contributed by atoms with Crippen LogP contribution in [0.5, 0.6) is 0 Å². The SMILES string of the molecule is C[Si](C)(C)[C-]=C=CCl.[Li+]. The van der Waals surface area contributed by atoms with Crippen molar-refractivity contribution >= 4 is 19.7 Å². The van der Waals surface area contributed by atoms with E-state index in [1.165, 1.54) is 5.54 Å². The number of rotatable bonds is 1. The molecule has 0 aromatic rings. The van der Waals surface area contributed by atoms with E-state index in [1.54, 1.807) is 0 Å². The first-order valence-electron chi connectivity index (χ1n) is 2.51. The van der Waals surface area contributed by atoms with Crippen molar-refractivity contribution in [1.29, 1.82) is 0 Å². The Hall–Kier alpha value is 0.624. The molecule has 0 atom stereocenters. The minimum Gasteiger partial charge on any atom is -0.322 e.